The summed E-state index contributed by atoms with van der Waals surface area (Å²) in [7, 11) is 0. The van der Waals surface area contributed by atoms with Crippen LogP contribution in [0.4, 0.5) is 0 Å². The van der Waals surface area contributed by atoms with Crippen LogP contribution < -0.4 is 10.1 Å². The Morgan fingerprint density at radius 3 is 2.44 bits per heavy atom. The minimum Gasteiger partial charge on any atom is -0.490 e. The van der Waals surface area contributed by atoms with Crippen LogP contribution in [0, 0.1) is 20.8 Å². The first kappa shape index (κ1) is 15.0. The van der Waals surface area contributed by atoms with Gasteiger partial charge in [0.1, 0.15) is 5.75 Å². The molecule has 0 bridgehead atoms. The smallest absolute Gasteiger partial charge is 0.123 e. The molecule has 0 aliphatic rings. The largest absolute Gasteiger partial charge is 0.490 e. The molecule has 18 heavy (non-hydrogen) atoms. The van der Waals surface area contributed by atoms with Crippen molar-refractivity contribution in [3.05, 3.63) is 28.8 Å². The van der Waals surface area contributed by atoms with Gasteiger partial charge >= 0.3 is 0 Å². The summed E-state index contributed by atoms with van der Waals surface area (Å²) in [6, 6.07) is 4.83. The third-order valence-corrected chi connectivity index (χ3v) is 3.33. The summed E-state index contributed by atoms with van der Waals surface area (Å²) >= 11 is 0. The van der Waals surface area contributed by atoms with Crippen LogP contribution in [0.5, 0.6) is 5.75 Å². The van der Waals surface area contributed by atoms with Crippen molar-refractivity contribution in [3.8, 4) is 5.75 Å². The van der Waals surface area contributed by atoms with Crippen LogP contribution in [0.25, 0.3) is 0 Å². The highest BCUT2D eigenvalue weighted by molar-refractivity contribution is 5.42. The zero-order chi connectivity index (χ0) is 13.7. The average molecular weight is 249 g/mol. The van der Waals surface area contributed by atoms with Crippen molar-refractivity contribution in [2.45, 2.75) is 60.1 Å². The fourth-order valence-corrected chi connectivity index (χ4v) is 2.32. The summed E-state index contributed by atoms with van der Waals surface area (Å²) in [4.78, 5) is 0. The minimum atomic E-state index is 0.235. The highest BCUT2D eigenvalue weighted by Crippen LogP contribution is 2.24. The summed E-state index contributed by atoms with van der Waals surface area (Å²) in [5.74, 6) is 1.03. The van der Waals surface area contributed by atoms with Crippen molar-refractivity contribution >= 4 is 0 Å². The van der Waals surface area contributed by atoms with Crippen molar-refractivity contribution < 1.29 is 4.74 Å². The maximum absolute atomic E-state index is 6.08. The van der Waals surface area contributed by atoms with Crippen LogP contribution >= 0.6 is 0 Å². The van der Waals surface area contributed by atoms with Crippen LogP contribution in [-0.2, 0) is 0 Å². The molecule has 0 heterocycles. The molecule has 0 saturated carbocycles. The summed E-state index contributed by atoms with van der Waals surface area (Å²) in [6.07, 6.45) is 1.26. The van der Waals surface area contributed by atoms with Gasteiger partial charge in [0.2, 0.25) is 0 Å². The van der Waals surface area contributed by atoms with E-state index in [1.54, 1.807) is 0 Å². The Labute approximate surface area is 112 Å². The number of ether oxygens (including phenoxy) is 1. The Bertz CT molecular complexity index is 387. The molecule has 0 aliphatic heterocycles. The maximum Gasteiger partial charge on any atom is 0.123 e. The zero-order valence-corrected chi connectivity index (χ0v) is 12.6. The van der Waals surface area contributed by atoms with Gasteiger partial charge in [-0.05, 0) is 70.3 Å². The van der Waals surface area contributed by atoms with E-state index in [1.165, 1.54) is 16.7 Å². The normalized spacial score (nSPS) is 14.3. The molecule has 0 aromatic heterocycles. The van der Waals surface area contributed by atoms with Gasteiger partial charge in [-0.15, -0.1) is 0 Å². The second-order valence-corrected chi connectivity index (χ2v) is 5.33. The Morgan fingerprint density at radius 2 is 1.83 bits per heavy atom. The number of benzene rings is 1. The zero-order valence-electron chi connectivity index (χ0n) is 12.6. The first-order valence-electron chi connectivity index (χ1n) is 6.92. The van der Waals surface area contributed by atoms with Crippen LogP contribution in [0.2, 0.25) is 0 Å². The fraction of sp³-hybridized carbons (Fsp3) is 0.625. The third-order valence-electron chi connectivity index (χ3n) is 3.33. The number of nitrogens with one attached hydrogen (secondary N) is 1. The van der Waals surface area contributed by atoms with Gasteiger partial charge in [-0.2, -0.15) is 0 Å². The van der Waals surface area contributed by atoms with Crippen LogP contribution in [-0.4, -0.2) is 18.7 Å². The van der Waals surface area contributed by atoms with Crippen LogP contribution in [0.15, 0.2) is 12.1 Å². The lowest BCUT2D eigenvalue weighted by atomic mass is 10.1. The molecule has 2 nitrogen and oxygen atoms in total. The summed E-state index contributed by atoms with van der Waals surface area (Å²) < 4.78 is 6.08. The quantitative estimate of drug-likeness (QED) is 0.828. The molecule has 0 spiro atoms. The first-order chi connectivity index (χ1) is 8.43. The average Bonchev–Trinajstić information content (AvgIpc) is 2.25. The minimum absolute atomic E-state index is 0.235. The molecule has 0 aliphatic carbocycles. The highest BCUT2D eigenvalue weighted by Gasteiger charge is 2.11. The molecule has 1 aromatic carbocycles. The Kier molecular flexibility index (Phi) is 5.67. The van der Waals surface area contributed by atoms with Gasteiger partial charge in [0.05, 0.1) is 6.10 Å². The maximum atomic E-state index is 6.08. The molecule has 2 heteroatoms. The number of aryl methyl sites for hydroxylation is 2. The number of hydrogen-bond acceptors (Lipinski definition) is 2. The number of hydrogen-bond donors (Lipinski definition) is 1. The second kappa shape index (κ2) is 6.79. The van der Waals surface area contributed by atoms with Gasteiger partial charge in [-0.1, -0.05) is 13.0 Å². The lowest BCUT2D eigenvalue weighted by Crippen LogP contribution is -2.30. The first-order valence-corrected chi connectivity index (χ1v) is 6.92. The molecule has 0 saturated heterocycles. The number of rotatable bonds is 6. The van der Waals surface area contributed by atoms with Crippen molar-refractivity contribution in [3.63, 3.8) is 0 Å². The SMILES string of the molecule is CCNC(C)CC(C)Oc1cc(C)cc(C)c1C. The molecule has 2 atom stereocenters. The van der Waals surface area contributed by atoms with Crippen molar-refractivity contribution in [2.24, 2.45) is 0 Å². The van der Waals surface area contributed by atoms with E-state index in [2.05, 4.69) is 59.0 Å². The van der Waals surface area contributed by atoms with Crippen LogP contribution in [0.1, 0.15) is 43.9 Å². The Morgan fingerprint density at radius 1 is 1.17 bits per heavy atom. The molecule has 1 aromatic rings. The van der Waals surface area contributed by atoms with E-state index >= 15 is 0 Å². The van der Waals surface area contributed by atoms with Crippen molar-refractivity contribution in [1.82, 2.24) is 5.32 Å². The van der Waals surface area contributed by atoms with E-state index in [1.807, 2.05) is 0 Å². The highest BCUT2D eigenvalue weighted by atomic mass is 16.5. The fourth-order valence-electron chi connectivity index (χ4n) is 2.32. The lowest BCUT2D eigenvalue weighted by Gasteiger charge is -2.21. The lowest BCUT2D eigenvalue weighted by molar-refractivity contribution is 0.195. The third kappa shape index (κ3) is 4.34. The van der Waals surface area contributed by atoms with Gasteiger partial charge in [0.15, 0.2) is 0 Å². The second-order valence-electron chi connectivity index (χ2n) is 5.33. The molecule has 0 radical (unpaired) electrons. The van der Waals surface area contributed by atoms with E-state index in [-0.39, 0.29) is 6.10 Å². The van der Waals surface area contributed by atoms with Gasteiger partial charge < -0.3 is 10.1 Å². The van der Waals surface area contributed by atoms with Crippen LogP contribution in [0.3, 0.4) is 0 Å². The molecule has 102 valence electrons. The van der Waals surface area contributed by atoms with Gasteiger partial charge in [0.25, 0.3) is 0 Å². The van der Waals surface area contributed by atoms with E-state index in [9.17, 15) is 0 Å². The molecule has 1 N–H and O–H groups in total. The van der Waals surface area contributed by atoms with Gasteiger partial charge in [-0.25, -0.2) is 0 Å². The van der Waals surface area contributed by atoms with Gasteiger partial charge in [0, 0.05) is 6.04 Å². The monoisotopic (exact) mass is 249 g/mol. The molecule has 0 amide bonds. The van der Waals surface area contributed by atoms with Crippen molar-refractivity contribution in [2.75, 3.05) is 6.54 Å². The Hall–Kier alpha value is -1.02. The van der Waals surface area contributed by atoms with E-state index in [0.29, 0.717) is 6.04 Å². The Balaban J connectivity index is 2.67. The molecule has 0 fully saturated rings. The molecular weight excluding hydrogens is 222 g/mol. The summed E-state index contributed by atoms with van der Waals surface area (Å²) in [5, 5.41) is 3.42. The summed E-state index contributed by atoms with van der Waals surface area (Å²) in [6.45, 7) is 13.9. The summed E-state index contributed by atoms with van der Waals surface area (Å²) in [5.41, 5.74) is 3.82. The van der Waals surface area contributed by atoms with E-state index < -0.39 is 0 Å². The molecular formula is C16H27NO. The topological polar surface area (TPSA) is 21.3 Å². The predicted molar refractivity (Wildman–Crippen MR) is 78.5 cm³/mol. The molecule has 1 rings (SSSR count). The predicted octanol–water partition coefficient (Wildman–Crippen LogP) is 3.77. The van der Waals surface area contributed by atoms with Crippen molar-refractivity contribution in [1.29, 1.82) is 0 Å². The van der Waals surface area contributed by atoms with E-state index in [0.717, 1.165) is 18.7 Å². The van der Waals surface area contributed by atoms with Gasteiger partial charge in [-0.3, -0.25) is 0 Å². The standard InChI is InChI=1S/C16H27NO/c1-7-17-13(4)10-14(5)18-16-9-11(2)8-12(3)15(16)6/h8-9,13-14,17H,7,10H2,1-6H3. The molecule has 2 unspecified atom stereocenters. The van der Waals surface area contributed by atoms with E-state index in [4.69, 9.17) is 4.74 Å².